The van der Waals surface area contributed by atoms with Crippen LogP contribution in [0.25, 0.3) is 11.4 Å². The number of carbonyl (C=O) groups is 1. The number of amides is 1. The van der Waals surface area contributed by atoms with Crippen LogP contribution in [0.3, 0.4) is 0 Å². The lowest BCUT2D eigenvalue weighted by Gasteiger charge is -2.34. The fourth-order valence-corrected chi connectivity index (χ4v) is 5.51. The van der Waals surface area contributed by atoms with Gasteiger partial charge in [-0.2, -0.15) is 9.29 Å². The summed E-state index contributed by atoms with van der Waals surface area (Å²) in [5.41, 5.74) is 0.745. The van der Waals surface area contributed by atoms with Crippen LogP contribution in [0.2, 0.25) is 0 Å². The van der Waals surface area contributed by atoms with Gasteiger partial charge in [-0.25, -0.2) is 8.42 Å². The van der Waals surface area contributed by atoms with Crippen molar-refractivity contribution in [2.24, 2.45) is 0 Å². The third-order valence-corrected chi connectivity index (χ3v) is 7.86. The molecule has 0 bridgehead atoms. The van der Waals surface area contributed by atoms with Gasteiger partial charge in [-0.1, -0.05) is 42.4 Å². The van der Waals surface area contributed by atoms with Gasteiger partial charge in [-0.15, -0.1) is 0 Å². The molecular formula is C24H28N4O5S. The van der Waals surface area contributed by atoms with Gasteiger partial charge in [0.05, 0.1) is 18.6 Å². The second kappa shape index (κ2) is 10.4. The third kappa shape index (κ3) is 4.97. The van der Waals surface area contributed by atoms with Crippen molar-refractivity contribution in [2.45, 2.75) is 37.1 Å². The van der Waals surface area contributed by atoms with Crippen molar-refractivity contribution in [3.63, 3.8) is 0 Å². The van der Waals surface area contributed by atoms with Gasteiger partial charge in [0, 0.05) is 18.7 Å². The van der Waals surface area contributed by atoms with Gasteiger partial charge in [0.1, 0.15) is 11.8 Å². The summed E-state index contributed by atoms with van der Waals surface area (Å²) in [5, 5.41) is 4.10. The number of likely N-dealkylation sites (N-methyl/N-ethyl adjacent to an activating group) is 1. The molecule has 1 fully saturated rings. The second-order valence-electron chi connectivity index (χ2n) is 8.03. The van der Waals surface area contributed by atoms with Crippen molar-refractivity contribution >= 4 is 15.9 Å². The van der Waals surface area contributed by atoms with Crippen LogP contribution in [0, 0.1) is 0 Å². The number of nitrogens with zero attached hydrogens (tertiary/aromatic N) is 4. The highest BCUT2D eigenvalue weighted by molar-refractivity contribution is 7.89. The minimum absolute atomic E-state index is 0.166. The van der Waals surface area contributed by atoms with Crippen molar-refractivity contribution in [1.82, 2.24) is 19.3 Å². The number of methoxy groups -OCH3 is 1. The number of aromatic nitrogens is 2. The van der Waals surface area contributed by atoms with E-state index < -0.39 is 16.1 Å². The van der Waals surface area contributed by atoms with E-state index in [9.17, 15) is 13.2 Å². The summed E-state index contributed by atoms with van der Waals surface area (Å²) in [5.74, 6) is 1.15. The molecule has 180 valence electrons. The van der Waals surface area contributed by atoms with Crippen LogP contribution in [0.1, 0.15) is 38.1 Å². The monoisotopic (exact) mass is 484 g/mol. The highest BCUT2D eigenvalue weighted by Crippen LogP contribution is 2.32. The number of ether oxygens (including phenoxy) is 1. The van der Waals surface area contributed by atoms with Crippen molar-refractivity contribution in [2.75, 3.05) is 26.7 Å². The van der Waals surface area contributed by atoms with Gasteiger partial charge in [0.25, 0.3) is 0 Å². The first-order valence-electron chi connectivity index (χ1n) is 11.3. The number of hydrogen-bond donors (Lipinski definition) is 0. The molecule has 1 unspecified atom stereocenters. The van der Waals surface area contributed by atoms with Gasteiger partial charge < -0.3 is 14.2 Å². The van der Waals surface area contributed by atoms with E-state index in [2.05, 4.69) is 10.1 Å². The molecule has 1 aliphatic heterocycles. The zero-order valence-electron chi connectivity index (χ0n) is 19.3. The molecule has 1 atom stereocenters. The molecule has 0 N–H and O–H groups in total. The molecule has 34 heavy (non-hydrogen) atoms. The molecule has 9 nitrogen and oxygen atoms in total. The van der Waals surface area contributed by atoms with E-state index in [1.807, 2.05) is 24.3 Å². The SMILES string of the molecule is CCN(CC(=O)N1CCCCC1c1nc(-c2cccc(OC)c2)no1)S(=O)(=O)c1ccccc1. The summed E-state index contributed by atoms with van der Waals surface area (Å²) in [6.07, 6.45) is 2.41. The highest BCUT2D eigenvalue weighted by atomic mass is 32.2. The van der Waals surface area contributed by atoms with Gasteiger partial charge >= 0.3 is 0 Å². The van der Waals surface area contributed by atoms with Crippen molar-refractivity contribution in [3.8, 4) is 17.1 Å². The van der Waals surface area contributed by atoms with Crippen molar-refractivity contribution in [3.05, 3.63) is 60.5 Å². The maximum Gasteiger partial charge on any atom is 0.249 e. The quantitative estimate of drug-likeness (QED) is 0.482. The molecule has 1 aliphatic rings. The molecule has 0 saturated carbocycles. The molecule has 4 rings (SSSR count). The second-order valence-corrected chi connectivity index (χ2v) is 9.97. The third-order valence-electron chi connectivity index (χ3n) is 5.92. The van der Waals surface area contributed by atoms with Gasteiger partial charge in [0.2, 0.25) is 27.6 Å². The Morgan fingerprint density at radius 3 is 2.71 bits per heavy atom. The Morgan fingerprint density at radius 1 is 1.18 bits per heavy atom. The standard InChI is InChI=1S/C24H28N4O5S/c1-3-27(34(30,31)20-12-5-4-6-13-20)17-22(29)28-15-8-7-14-21(28)24-25-23(26-33-24)18-10-9-11-19(16-18)32-2/h4-6,9-13,16,21H,3,7-8,14-15,17H2,1-2H3. The molecule has 10 heteroatoms. The van der Waals surface area contributed by atoms with E-state index in [0.29, 0.717) is 30.4 Å². The average Bonchev–Trinajstić information content (AvgIpc) is 3.38. The highest BCUT2D eigenvalue weighted by Gasteiger charge is 2.35. The van der Waals surface area contributed by atoms with Gasteiger partial charge in [-0.05, 0) is 43.5 Å². The Kier molecular flexibility index (Phi) is 7.28. The predicted octanol–water partition coefficient (Wildman–Crippen LogP) is 3.51. The van der Waals surface area contributed by atoms with Crippen LogP contribution < -0.4 is 4.74 Å². The lowest BCUT2D eigenvalue weighted by atomic mass is 10.0. The van der Waals surface area contributed by atoms with E-state index in [1.54, 1.807) is 37.1 Å². The topological polar surface area (TPSA) is 106 Å². The van der Waals surface area contributed by atoms with Gasteiger partial charge in [0.15, 0.2) is 0 Å². The lowest BCUT2D eigenvalue weighted by molar-refractivity contribution is -0.135. The average molecular weight is 485 g/mol. The summed E-state index contributed by atoms with van der Waals surface area (Å²) in [6, 6.07) is 15.1. The van der Waals surface area contributed by atoms with Crippen LogP contribution in [0.15, 0.2) is 64.0 Å². The Labute approximate surface area is 199 Å². The van der Waals surface area contributed by atoms with Gasteiger partial charge in [-0.3, -0.25) is 4.79 Å². The molecule has 3 aromatic rings. The van der Waals surface area contributed by atoms with Crippen LogP contribution in [0.4, 0.5) is 0 Å². The van der Waals surface area contributed by atoms with Crippen molar-refractivity contribution < 1.29 is 22.5 Å². The van der Waals surface area contributed by atoms with Crippen LogP contribution in [-0.4, -0.2) is 60.4 Å². The van der Waals surface area contributed by atoms with E-state index in [4.69, 9.17) is 9.26 Å². The largest absolute Gasteiger partial charge is 0.497 e. The summed E-state index contributed by atoms with van der Waals surface area (Å²) >= 11 is 0. The molecule has 0 spiro atoms. The Balaban J connectivity index is 1.54. The van der Waals surface area contributed by atoms with E-state index in [-0.39, 0.29) is 23.9 Å². The van der Waals surface area contributed by atoms with Crippen molar-refractivity contribution in [1.29, 1.82) is 0 Å². The first kappa shape index (κ1) is 23.9. The summed E-state index contributed by atoms with van der Waals surface area (Å²) in [6.45, 7) is 2.16. The molecule has 1 amide bonds. The number of piperidine rings is 1. The van der Waals surface area contributed by atoms with E-state index >= 15 is 0 Å². The summed E-state index contributed by atoms with van der Waals surface area (Å²) < 4.78 is 38.1. The molecule has 0 radical (unpaired) electrons. The molecular weight excluding hydrogens is 456 g/mol. The number of rotatable bonds is 8. The Morgan fingerprint density at radius 2 is 1.97 bits per heavy atom. The van der Waals surface area contributed by atoms with Crippen LogP contribution >= 0.6 is 0 Å². The predicted molar refractivity (Wildman–Crippen MR) is 125 cm³/mol. The molecule has 0 aliphatic carbocycles. The first-order chi connectivity index (χ1) is 16.4. The number of carbonyl (C=O) groups excluding carboxylic acids is 1. The molecule has 1 saturated heterocycles. The maximum absolute atomic E-state index is 13.3. The molecule has 2 aromatic carbocycles. The smallest absolute Gasteiger partial charge is 0.249 e. The maximum atomic E-state index is 13.3. The number of hydrogen-bond acceptors (Lipinski definition) is 7. The fraction of sp³-hybridized carbons (Fsp3) is 0.375. The Hall–Kier alpha value is -3.24. The van der Waals surface area contributed by atoms with Crippen LogP contribution in [-0.2, 0) is 14.8 Å². The zero-order valence-corrected chi connectivity index (χ0v) is 20.1. The summed E-state index contributed by atoms with van der Waals surface area (Å²) in [7, 11) is -2.20. The number of sulfonamides is 1. The lowest BCUT2D eigenvalue weighted by Crippen LogP contribution is -2.46. The zero-order chi connectivity index (χ0) is 24.1. The minimum atomic E-state index is -3.78. The number of benzene rings is 2. The number of likely N-dealkylation sites (tertiary alicyclic amines) is 1. The Bertz CT molecular complexity index is 1230. The molecule has 2 heterocycles. The van der Waals surface area contributed by atoms with E-state index in [1.165, 1.54) is 16.4 Å². The minimum Gasteiger partial charge on any atom is -0.497 e. The normalized spacial score (nSPS) is 16.6. The fourth-order valence-electron chi connectivity index (χ4n) is 4.09. The molecule has 1 aromatic heterocycles. The first-order valence-corrected chi connectivity index (χ1v) is 12.7. The van der Waals surface area contributed by atoms with Crippen LogP contribution in [0.5, 0.6) is 5.75 Å². The van der Waals surface area contributed by atoms with E-state index in [0.717, 1.165) is 18.4 Å². The summed E-state index contributed by atoms with van der Waals surface area (Å²) in [4.78, 5) is 19.7.